The number of thiol groups is 1. The second-order valence-corrected chi connectivity index (χ2v) is 4.18. The third-order valence-electron chi connectivity index (χ3n) is 0.818. The highest BCUT2D eigenvalue weighted by Gasteiger charge is 1.98. The number of thioether (sulfide) groups is 1. The summed E-state index contributed by atoms with van der Waals surface area (Å²) in [5.41, 5.74) is 0. The Kier molecular flexibility index (Phi) is 3.02. The first-order chi connectivity index (χ1) is 4.79. The second-order valence-electron chi connectivity index (χ2n) is 1.75. The van der Waals surface area contributed by atoms with Crippen molar-refractivity contribution in [2.24, 2.45) is 0 Å². The van der Waals surface area contributed by atoms with Gasteiger partial charge in [0.15, 0.2) is 5.16 Å². The van der Waals surface area contributed by atoms with Crippen molar-refractivity contribution in [2.45, 2.75) is 16.7 Å². The molecule has 1 rings (SSSR count). The van der Waals surface area contributed by atoms with Crippen LogP contribution in [0.25, 0.3) is 0 Å². The van der Waals surface area contributed by atoms with Crippen LogP contribution < -0.4 is 0 Å². The highest BCUT2D eigenvalue weighted by atomic mass is 32.2. The van der Waals surface area contributed by atoms with Crippen LogP contribution in [0.15, 0.2) is 23.6 Å². The summed E-state index contributed by atoms with van der Waals surface area (Å²) in [5.74, 6) is 0. The van der Waals surface area contributed by atoms with Crippen molar-refractivity contribution >= 4 is 24.4 Å². The molecule has 0 spiro atoms. The maximum atomic E-state index is 4.19. The molecule has 0 aliphatic heterocycles. The predicted octanol–water partition coefficient (Wildman–Crippen LogP) is 1.84. The maximum Gasteiger partial charge on any atom is 0.188 e. The molecule has 0 aliphatic carbocycles. The van der Waals surface area contributed by atoms with Gasteiger partial charge in [0.25, 0.3) is 0 Å². The fourth-order valence-electron chi connectivity index (χ4n) is 0.499. The minimum absolute atomic E-state index is 0.252. The van der Waals surface area contributed by atoms with Gasteiger partial charge in [-0.25, -0.2) is 9.97 Å². The summed E-state index contributed by atoms with van der Waals surface area (Å²) in [6.07, 6.45) is 3.46. The first-order valence-electron chi connectivity index (χ1n) is 2.91. The Hall–Kier alpha value is -0.220. The van der Waals surface area contributed by atoms with Crippen LogP contribution in [-0.2, 0) is 0 Å². The summed E-state index contributed by atoms with van der Waals surface area (Å²) in [4.78, 5) is 8.04. The average molecular weight is 172 g/mol. The number of rotatable bonds is 2. The van der Waals surface area contributed by atoms with Crippen molar-refractivity contribution in [3.63, 3.8) is 0 Å². The molecule has 10 heavy (non-hydrogen) atoms. The molecular formula is C6H8N2S2. The van der Waals surface area contributed by atoms with E-state index in [0.29, 0.717) is 0 Å². The van der Waals surface area contributed by atoms with Gasteiger partial charge in [-0.15, -0.1) is 0 Å². The Balaban J connectivity index is 2.59. The van der Waals surface area contributed by atoms with Gasteiger partial charge in [-0.2, -0.15) is 12.6 Å². The molecule has 1 aromatic heterocycles. The molecule has 0 saturated carbocycles. The van der Waals surface area contributed by atoms with E-state index in [2.05, 4.69) is 22.6 Å². The van der Waals surface area contributed by atoms with Crippen molar-refractivity contribution in [1.29, 1.82) is 0 Å². The minimum atomic E-state index is 0.252. The normalized spacial score (nSPS) is 13.0. The van der Waals surface area contributed by atoms with E-state index in [9.17, 15) is 0 Å². The van der Waals surface area contributed by atoms with Gasteiger partial charge < -0.3 is 0 Å². The topological polar surface area (TPSA) is 25.8 Å². The summed E-state index contributed by atoms with van der Waals surface area (Å²) in [5, 5.41) is 0.782. The average Bonchev–Trinajstić information content (AvgIpc) is 1.88. The van der Waals surface area contributed by atoms with Gasteiger partial charge >= 0.3 is 0 Å². The van der Waals surface area contributed by atoms with E-state index in [1.807, 2.05) is 6.92 Å². The van der Waals surface area contributed by atoms with E-state index < -0.39 is 0 Å². The summed E-state index contributed by atoms with van der Waals surface area (Å²) < 4.78 is 0.252. The van der Waals surface area contributed by atoms with Gasteiger partial charge in [0, 0.05) is 12.4 Å². The summed E-state index contributed by atoms with van der Waals surface area (Å²) in [6.45, 7) is 1.99. The zero-order valence-corrected chi connectivity index (χ0v) is 7.27. The van der Waals surface area contributed by atoms with Crippen LogP contribution in [0, 0.1) is 0 Å². The highest BCUT2D eigenvalue weighted by Crippen LogP contribution is 2.19. The van der Waals surface area contributed by atoms with Gasteiger partial charge in [0.2, 0.25) is 0 Å². The molecule has 4 heteroatoms. The Bertz CT molecular complexity index is 188. The molecule has 0 aliphatic rings. The largest absolute Gasteiger partial charge is 0.231 e. The van der Waals surface area contributed by atoms with Crippen LogP contribution in [0.4, 0.5) is 0 Å². The van der Waals surface area contributed by atoms with Crippen molar-refractivity contribution in [1.82, 2.24) is 9.97 Å². The smallest absolute Gasteiger partial charge is 0.188 e. The van der Waals surface area contributed by atoms with Gasteiger partial charge in [0.1, 0.15) is 0 Å². The van der Waals surface area contributed by atoms with Crippen molar-refractivity contribution in [3.8, 4) is 0 Å². The van der Waals surface area contributed by atoms with E-state index >= 15 is 0 Å². The Morgan fingerprint density at radius 2 is 2.10 bits per heavy atom. The monoisotopic (exact) mass is 172 g/mol. The molecule has 0 amide bonds. The number of aromatic nitrogens is 2. The van der Waals surface area contributed by atoms with Crippen LogP contribution in [0.5, 0.6) is 0 Å². The fraction of sp³-hybridized carbons (Fsp3) is 0.333. The molecule has 1 unspecified atom stereocenters. The molecule has 0 N–H and O–H groups in total. The lowest BCUT2D eigenvalue weighted by Crippen LogP contribution is -1.87. The summed E-state index contributed by atoms with van der Waals surface area (Å²) in [6, 6.07) is 1.80. The first kappa shape index (κ1) is 7.88. The van der Waals surface area contributed by atoms with Crippen LogP contribution in [0.2, 0.25) is 0 Å². The molecule has 1 atom stereocenters. The maximum absolute atomic E-state index is 4.19. The SMILES string of the molecule is CC(S)Sc1ncccn1. The molecule has 1 aromatic rings. The lowest BCUT2D eigenvalue weighted by Gasteiger charge is -1.99. The third-order valence-corrected chi connectivity index (χ3v) is 1.90. The Morgan fingerprint density at radius 3 is 2.60 bits per heavy atom. The van der Waals surface area contributed by atoms with Crippen molar-refractivity contribution in [3.05, 3.63) is 18.5 Å². The second kappa shape index (κ2) is 3.83. The molecule has 0 bridgehead atoms. The van der Waals surface area contributed by atoms with Crippen LogP contribution in [0.1, 0.15) is 6.92 Å². The molecule has 2 nitrogen and oxygen atoms in total. The van der Waals surface area contributed by atoms with Gasteiger partial charge in [-0.1, -0.05) is 11.8 Å². The van der Waals surface area contributed by atoms with E-state index in [0.717, 1.165) is 5.16 Å². The van der Waals surface area contributed by atoms with Crippen LogP contribution >= 0.6 is 24.4 Å². The van der Waals surface area contributed by atoms with Crippen LogP contribution in [-0.4, -0.2) is 14.5 Å². The predicted molar refractivity (Wildman–Crippen MR) is 46.3 cm³/mol. The first-order valence-corrected chi connectivity index (χ1v) is 4.30. The lowest BCUT2D eigenvalue weighted by molar-refractivity contribution is 0.966. The summed E-state index contributed by atoms with van der Waals surface area (Å²) >= 11 is 5.73. The molecule has 0 radical (unpaired) electrons. The molecule has 54 valence electrons. The third kappa shape index (κ3) is 2.58. The molecular weight excluding hydrogens is 164 g/mol. The van der Waals surface area contributed by atoms with Gasteiger partial charge in [0.05, 0.1) is 4.58 Å². The zero-order valence-electron chi connectivity index (χ0n) is 5.56. The fourth-order valence-corrected chi connectivity index (χ4v) is 1.33. The van der Waals surface area contributed by atoms with E-state index in [-0.39, 0.29) is 4.58 Å². The van der Waals surface area contributed by atoms with E-state index in [1.54, 1.807) is 30.2 Å². The number of hydrogen-bond acceptors (Lipinski definition) is 4. The quantitative estimate of drug-likeness (QED) is 0.319. The van der Waals surface area contributed by atoms with E-state index in [4.69, 9.17) is 0 Å². The standard InChI is InChI=1S/C6H8N2S2/c1-5(9)10-6-7-3-2-4-8-6/h2-5,9H,1H3. The Labute approximate surface area is 69.9 Å². The number of hydrogen-bond donors (Lipinski definition) is 1. The van der Waals surface area contributed by atoms with Crippen LogP contribution in [0.3, 0.4) is 0 Å². The number of nitrogens with zero attached hydrogens (tertiary/aromatic N) is 2. The van der Waals surface area contributed by atoms with E-state index in [1.165, 1.54) is 0 Å². The highest BCUT2D eigenvalue weighted by molar-refractivity contribution is 8.10. The minimum Gasteiger partial charge on any atom is -0.231 e. The Morgan fingerprint density at radius 1 is 1.50 bits per heavy atom. The van der Waals surface area contributed by atoms with Crippen molar-refractivity contribution in [2.75, 3.05) is 0 Å². The molecule has 1 heterocycles. The van der Waals surface area contributed by atoms with Crippen molar-refractivity contribution < 1.29 is 0 Å². The summed E-state index contributed by atoms with van der Waals surface area (Å²) in [7, 11) is 0. The van der Waals surface area contributed by atoms with Gasteiger partial charge in [-0.05, 0) is 13.0 Å². The molecule has 0 saturated heterocycles. The van der Waals surface area contributed by atoms with Gasteiger partial charge in [-0.3, -0.25) is 0 Å². The molecule has 0 fully saturated rings. The lowest BCUT2D eigenvalue weighted by atomic mass is 10.7. The zero-order chi connectivity index (χ0) is 7.40. The molecule has 0 aromatic carbocycles.